The predicted octanol–water partition coefficient (Wildman–Crippen LogP) is 3.59. The summed E-state index contributed by atoms with van der Waals surface area (Å²) >= 11 is 0. The first kappa shape index (κ1) is 29.1. The minimum atomic E-state index is -0.858. The average molecular weight is 476 g/mol. The number of nitrogens with one attached hydrogen (secondary N) is 3. The van der Waals surface area contributed by atoms with E-state index in [2.05, 4.69) is 16.0 Å². The van der Waals surface area contributed by atoms with Crippen molar-refractivity contribution in [3.63, 3.8) is 0 Å². The molecule has 1 rings (SSSR count). The van der Waals surface area contributed by atoms with Gasteiger partial charge in [-0.1, -0.05) is 71.9 Å². The lowest BCUT2D eigenvalue weighted by Crippen LogP contribution is -2.55. The predicted molar refractivity (Wildman–Crippen MR) is 132 cm³/mol. The molecule has 0 spiro atoms. The van der Waals surface area contributed by atoms with E-state index >= 15 is 0 Å². The van der Waals surface area contributed by atoms with Crippen molar-refractivity contribution in [3.05, 3.63) is 35.9 Å². The molecule has 0 radical (unpaired) electrons. The number of carbonyl (C=O) groups is 4. The molecule has 1 unspecified atom stereocenters. The van der Waals surface area contributed by atoms with Gasteiger partial charge in [-0.15, -0.1) is 0 Å². The van der Waals surface area contributed by atoms with E-state index in [0.717, 1.165) is 11.8 Å². The Hall–Kier alpha value is -2.90. The summed E-state index contributed by atoms with van der Waals surface area (Å²) in [6.07, 6.45) is 1.32. The molecule has 0 bridgehead atoms. The quantitative estimate of drug-likeness (QED) is 0.356. The van der Waals surface area contributed by atoms with Crippen molar-refractivity contribution in [1.29, 1.82) is 0 Å². The van der Waals surface area contributed by atoms with Crippen LogP contribution in [0.1, 0.15) is 66.4 Å². The molecule has 3 atom stereocenters. The van der Waals surface area contributed by atoms with Gasteiger partial charge in [-0.3, -0.25) is 9.59 Å². The van der Waals surface area contributed by atoms with E-state index in [-0.39, 0.29) is 24.4 Å². The van der Waals surface area contributed by atoms with Crippen LogP contribution in [-0.2, 0) is 25.7 Å². The number of hydrogen-bond acceptors (Lipinski definition) is 5. The number of aldehydes is 1. The lowest BCUT2D eigenvalue weighted by molar-refractivity contribution is -0.131. The summed E-state index contributed by atoms with van der Waals surface area (Å²) in [6, 6.07) is 6.96. The molecule has 0 fully saturated rings. The van der Waals surface area contributed by atoms with Gasteiger partial charge < -0.3 is 25.5 Å². The maximum atomic E-state index is 13.1. The number of alkyl carbamates (subject to hydrolysis) is 1. The highest BCUT2D eigenvalue weighted by Gasteiger charge is 2.29. The van der Waals surface area contributed by atoms with Gasteiger partial charge in [0.05, 0.1) is 6.04 Å². The molecule has 0 aromatic heterocycles. The smallest absolute Gasteiger partial charge is 0.408 e. The maximum absolute atomic E-state index is 13.1. The molecule has 8 heteroatoms. The SMILES string of the molecule is CC(C)CC(NC(=O)[C@@H](CC(C)C)NC(=O)OCc1ccccc1)C(=O)N[C@H](C=O)CC(C)C. The largest absolute Gasteiger partial charge is 0.445 e. The number of hydrogen-bond donors (Lipinski definition) is 3. The van der Waals surface area contributed by atoms with Gasteiger partial charge in [0.1, 0.15) is 25.0 Å². The number of ether oxygens (including phenoxy) is 1. The van der Waals surface area contributed by atoms with Crippen LogP contribution >= 0.6 is 0 Å². The topological polar surface area (TPSA) is 114 Å². The zero-order chi connectivity index (χ0) is 25.7. The molecule has 0 heterocycles. The molecule has 3 amide bonds. The van der Waals surface area contributed by atoms with E-state index in [1.165, 1.54) is 0 Å². The molecule has 0 aliphatic heterocycles. The first-order valence-corrected chi connectivity index (χ1v) is 12.0. The van der Waals surface area contributed by atoms with Gasteiger partial charge in [-0.05, 0) is 42.6 Å². The fourth-order valence-electron chi connectivity index (χ4n) is 3.52. The van der Waals surface area contributed by atoms with E-state index in [4.69, 9.17) is 4.74 Å². The van der Waals surface area contributed by atoms with Crippen molar-refractivity contribution >= 4 is 24.2 Å². The Morgan fingerprint density at radius 3 is 1.76 bits per heavy atom. The van der Waals surface area contributed by atoms with Crippen LogP contribution in [0.2, 0.25) is 0 Å². The minimum Gasteiger partial charge on any atom is -0.445 e. The fraction of sp³-hybridized carbons (Fsp3) is 0.615. The maximum Gasteiger partial charge on any atom is 0.408 e. The van der Waals surface area contributed by atoms with E-state index in [0.29, 0.717) is 19.3 Å². The van der Waals surface area contributed by atoms with Crippen LogP contribution in [0.15, 0.2) is 30.3 Å². The van der Waals surface area contributed by atoms with Gasteiger partial charge >= 0.3 is 6.09 Å². The molecule has 3 N–H and O–H groups in total. The third-order valence-electron chi connectivity index (χ3n) is 5.09. The standard InChI is InChI=1S/C26H41N3O5/c1-17(2)12-21(15-30)27-24(31)22(13-18(3)4)28-25(32)23(14-19(5)6)29-26(33)34-16-20-10-8-7-9-11-20/h7-11,15,17-19,21-23H,12-14,16H2,1-6H3,(H,27,31)(H,28,32)(H,29,33)/t21-,22?,23+/m0/s1. The second-order valence-corrected chi connectivity index (χ2v) is 9.96. The molecule has 0 saturated carbocycles. The number of amides is 3. The highest BCUT2D eigenvalue weighted by atomic mass is 16.5. The Labute approximate surface area is 203 Å². The summed E-state index contributed by atoms with van der Waals surface area (Å²) in [4.78, 5) is 49.7. The zero-order valence-electron chi connectivity index (χ0n) is 21.3. The summed E-state index contributed by atoms with van der Waals surface area (Å²) in [7, 11) is 0. The Balaban J connectivity index is 2.84. The summed E-state index contributed by atoms with van der Waals surface area (Å²) in [5.74, 6) is -0.390. The van der Waals surface area contributed by atoms with Crippen molar-refractivity contribution < 1.29 is 23.9 Å². The first-order valence-electron chi connectivity index (χ1n) is 12.0. The fourth-order valence-corrected chi connectivity index (χ4v) is 3.52. The van der Waals surface area contributed by atoms with Gasteiger partial charge in [-0.2, -0.15) is 0 Å². The van der Waals surface area contributed by atoms with Crippen LogP contribution in [0.5, 0.6) is 0 Å². The molecule has 34 heavy (non-hydrogen) atoms. The van der Waals surface area contributed by atoms with Crippen LogP contribution in [0.3, 0.4) is 0 Å². The van der Waals surface area contributed by atoms with Crippen molar-refractivity contribution in [2.24, 2.45) is 17.8 Å². The van der Waals surface area contributed by atoms with Gasteiger partial charge in [0.25, 0.3) is 0 Å². The Kier molecular flexibility index (Phi) is 12.9. The van der Waals surface area contributed by atoms with Gasteiger partial charge in [0.15, 0.2) is 0 Å². The number of carbonyl (C=O) groups excluding carboxylic acids is 4. The Morgan fingerprint density at radius 2 is 1.26 bits per heavy atom. The van der Waals surface area contributed by atoms with Crippen LogP contribution < -0.4 is 16.0 Å². The van der Waals surface area contributed by atoms with Crippen molar-refractivity contribution in [1.82, 2.24) is 16.0 Å². The summed E-state index contributed by atoms with van der Waals surface area (Å²) < 4.78 is 5.26. The van der Waals surface area contributed by atoms with Gasteiger partial charge in [-0.25, -0.2) is 4.79 Å². The third-order valence-corrected chi connectivity index (χ3v) is 5.09. The minimum absolute atomic E-state index is 0.0873. The second-order valence-electron chi connectivity index (χ2n) is 9.96. The first-order chi connectivity index (χ1) is 16.0. The summed E-state index contributed by atoms with van der Waals surface area (Å²) in [5.41, 5.74) is 0.835. The monoisotopic (exact) mass is 475 g/mol. The van der Waals surface area contributed by atoms with Crippen LogP contribution in [-0.4, -0.2) is 42.3 Å². The molecule has 1 aromatic carbocycles. The van der Waals surface area contributed by atoms with Crippen molar-refractivity contribution in [2.75, 3.05) is 0 Å². The molecule has 0 aliphatic rings. The van der Waals surface area contributed by atoms with Gasteiger partial charge in [0.2, 0.25) is 11.8 Å². The molecule has 8 nitrogen and oxygen atoms in total. The lowest BCUT2D eigenvalue weighted by atomic mass is 9.99. The number of rotatable bonds is 14. The van der Waals surface area contributed by atoms with Crippen molar-refractivity contribution in [3.8, 4) is 0 Å². The third kappa shape index (κ3) is 11.8. The van der Waals surface area contributed by atoms with E-state index in [1.807, 2.05) is 71.9 Å². The molecular weight excluding hydrogens is 434 g/mol. The van der Waals surface area contributed by atoms with Crippen molar-refractivity contribution in [2.45, 2.75) is 85.5 Å². The van der Waals surface area contributed by atoms with E-state index in [9.17, 15) is 19.2 Å². The normalized spacial score (nSPS) is 13.8. The second kappa shape index (κ2) is 15.1. The van der Waals surface area contributed by atoms with Crippen LogP contribution in [0.4, 0.5) is 4.79 Å². The molecule has 0 aliphatic carbocycles. The Bertz CT molecular complexity index is 780. The molecule has 190 valence electrons. The average Bonchev–Trinajstić information content (AvgIpc) is 2.76. The Morgan fingerprint density at radius 1 is 0.765 bits per heavy atom. The molecular formula is C26H41N3O5. The van der Waals surface area contributed by atoms with E-state index < -0.39 is 36.0 Å². The zero-order valence-corrected chi connectivity index (χ0v) is 21.3. The highest BCUT2D eigenvalue weighted by Crippen LogP contribution is 2.11. The van der Waals surface area contributed by atoms with Crippen LogP contribution in [0, 0.1) is 17.8 Å². The number of benzene rings is 1. The summed E-state index contributed by atoms with van der Waals surface area (Å²) in [6.45, 7) is 11.8. The van der Waals surface area contributed by atoms with Crippen LogP contribution in [0.25, 0.3) is 0 Å². The molecule has 0 saturated heterocycles. The van der Waals surface area contributed by atoms with E-state index in [1.54, 1.807) is 0 Å². The lowest BCUT2D eigenvalue weighted by Gasteiger charge is -2.26. The molecule has 1 aromatic rings. The highest BCUT2D eigenvalue weighted by molar-refractivity contribution is 5.92. The summed E-state index contributed by atoms with van der Waals surface area (Å²) in [5, 5.41) is 8.15. The van der Waals surface area contributed by atoms with Gasteiger partial charge in [0, 0.05) is 0 Å².